The van der Waals surface area contributed by atoms with Crippen LogP contribution in [0.2, 0.25) is 0 Å². The van der Waals surface area contributed by atoms with Gasteiger partial charge in [-0.05, 0) is 44.2 Å². The molecule has 0 bridgehead atoms. The first-order valence-electron chi connectivity index (χ1n) is 7.88. The monoisotopic (exact) mass is 265 g/mol. The summed E-state index contributed by atoms with van der Waals surface area (Å²) in [5, 5.41) is 0. The van der Waals surface area contributed by atoms with E-state index in [1.807, 2.05) is 0 Å². The number of carbonyl (C=O) groups is 1. The Balaban J connectivity index is 1.45. The van der Waals surface area contributed by atoms with Gasteiger partial charge in [0, 0.05) is 19.5 Å². The number of ketones is 1. The van der Waals surface area contributed by atoms with E-state index in [0.717, 1.165) is 57.6 Å². The summed E-state index contributed by atoms with van der Waals surface area (Å²) in [6.07, 6.45) is 11.3. The van der Waals surface area contributed by atoms with Crippen molar-refractivity contribution < 1.29 is 9.53 Å². The third-order valence-electron chi connectivity index (χ3n) is 4.13. The van der Waals surface area contributed by atoms with Crippen LogP contribution in [0.4, 0.5) is 0 Å². The number of ether oxygens (including phenoxy) is 1. The van der Waals surface area contributed by atoms with E-state index in [9.17, 15) is 4.79 Å². The van der Waals surface area contributed by atoms with Gasteiger partial charge in [0.1, 0.15) is 0 Å². The van der Waals surface area contributed by atoms with Crippen molar-refractivity contribution in [2.45, 2.75) is 51.4 Å². The summed E-state index contributed by atoms with van der Waals surface area (Å²) in [5.41, 5.74) is 1.10. The predicted molar refractivity (Wildman–Crippen MR) is 77.3 cm³/mol. The molecule has 2 aliphatic rings. The molecular formula is C16H27NO2. The Morgan fingerprint density at radius 3 is 2.58 bits per heavy atom. The molecule has 0 atom stereocenters. The normalized spacial score (nSPS) is 23.4. The van der Waals surface area contributed by atoms with Gasteiger partial charge in [0.05, 0.1) is 13.2 Å². The van der Waals surface area contributed by atoms with Gasteiger partial charge in [0.2, 0.25) is 0 Å². The minimum Gasteiger partial charge on any atom is -0.379 e. The Morgan fingerprint density at radius 2 is 1.84 bits per heavy atom. The Bertz CT molecular complexity index is 306. The summed E-state index contributed by atoms with van der Waals surface area (Å²) in [7, 11) is 0. The zero-order valence-corrected chi connectivity index (χ0v) is 12.0. The number of morpholine rings is 1. The lowest BCUT2D eigenvalue weighted by atomic mass is 10.1. The first-order chi connectivity index (χ1) is 9.36. The van der Waals surface area contributed by atoms with E-state index < -0.39 is 0 Å². The summed E-state index contributed by atoms with van der Waals surface area (Å²) in [6, 6.07) is 0. The maximum atomic E-state index is 11.4. The van der Waals surface area contributed by atoms with Gasteiger partial charge in [-0.2, -0.15) is 0 Å². The van der Waals surface area contributed by atoms with Crippen LogP contribution in [0.3, 0.4) is 0 Å². The average Bonchev–Trinajstić information content (AvgIpc) is 2.84. The molecule has 0 radical (unpaired) electrons. The van der Waals surface area contributed by atoms with E-state index in [2.05, 4.69) is 11.0 Å². The summed E-state index contributed by atoms with van der Waals surface area (Å²) >= 11 is 0. The summed E-state index contributed by atoms with van der Waals surface area (Å²) in [5.74, 6) is 0.396. The van der Waals surface area contributed by atoms with E-state index in [-0.39, 0.29) is 0 Å². The highest BCUT2D eigenvalue weighted by Crippen LogP contribution is 2.21. The number of rotatable bonds is 7. The second kappa shape index (κ2) is 8.49. The van der Waals surface area contributed by atoms with E-state index in [0.29, 0.717) is 5.78 Å². The quantitative estimate of drug-likeness (QED) is 0.523. The van der Waals surface area contributed by atoms with Crippen LogP contribution in [0, 0.1) is 0 Å². The molecular weight excluding hydrogens is 238 g/mol. The van der Waals surface area contributed by atoms with Gasteiger partial charge >= 0.3 is 0 Å². The lowest BCUT2D eigenvalue weighted by molar-refractivity contribution is -0.114. The molecule has 19 heavy (non-hydrogen) atoms. The number of hydrogen-bond acceptors (Lipinski definition) is 3. The maximum absolute atomic E-state index is 11.4. The minimum absolute atomic E-state index is 0.396. The van der Waals surface area contributed by atoms with E-state index in [1.54, 1.807) is 0 Å². The Labute approximate surface area is 117 Å². The van der Waals surface area contributed by atoms with Crippen molar-refractivity contribution in [3.8, 4) is 0 Å². The fourth-order valence-electron chi connectivity index (χ4n) is 2.89. The smallest absolute Gasteiger partial charge is 0.158 e. The van der Waals surface area contributed by atoms with Gasteiger partial charge in [-0.25, -0.2) is 0 Å². The van der Waals surface area contributed by atoms with Crippen LogP contribution >= 0.6 is 0 Å². The number of Topliss-reactive ketones (excluding diaryl/α,β-unsaturated/α-hetero) is 1. The molecule has 3 nitrogen and oxygen atoms in total. The average molecular weight is 265 g/mol. The summed E-state index contributed by atoms with van der Waals surface area (Å²) in [4.78, 5) is 13.9. The fourth-order valence-corrected chi connectivity index (χ4v) is 2.89. The van der Waals surface area contributed by atoms with E-state index in [1.165, 1.54) is 32.2 Å². The molecule has 3 heteroatoms. The van der Waals surface area contributed by atoms with E-state index in [4.69, 9.17) is 4.74 Å². The van der Waals surface area contributed by atoms with Crippen molar-refractivity contribution in [1.29, 1.82) is 0 Å². The first-order valence-corrected chi connectivity index (χ1v) is 7.88. The van der Waals surface area contributed by atoms with Gasteiger partial charge < -0.3 is 4.74 Å². The largest absolute Gasteiger partial charge is 0.379 e. The van der Waals surface area contributed by atoms with Gasteiger partial charge in [-0.15, -0.1) is 0 Å². The van der Waals surface area contributed by atoms with Gasteiger partial charge in [-0.3, -0.25) is 9.69 Å². The molecule has 1 saturated heterocycles. The minimum atomic E-state index is 0.396. The first kappa shape index (κ1) is 14.7. The number of nitrogens with zero attached hydrogens (tertiary/aromatic N) is 1. The molecule has 1 heterocycles. The van der Waals surface area contributed by atoms with Crippen LogP contribution in [0.1, 0.15) is 51.4 Å². The highest BCUT2D eigenvalue weighted by atomic mass is 16.5. The third kappa shape index (κ3) is 5.45. The van der Waals surface area contributed by atoms with Crippen LogP contribution in [-0.4, -0.2) is 43.5 Å². The van der Waals surface area contributed by atoms with Crippen molar-refractivity contribution in [1.82, 2.24) is 4.90 Å². The third-order valence-corrected chi connectivity index (χ3v) is 4.13. The topological polar surface area (TPSA) is 29.5 Å². The van der Waals surface area contributed by atoms with Gasteiger partial charge in [0.15, 0.2) is 5.78 Å². The highest BCUT2D eigenvalue weighted by molar-refractivity contribution is 5.97. The predicted octanol–water partition coefficient (Wildman–Crippen LogP) is 2.95. The molecule has 1 aliphatic heterocycles. The van der Waals surface area contributed by atoms with Crippen molar-refractivity contribution in [2.24, 2.45) is 0 Å². The maximum Gasteiger partial charge on any atom is 0.158 e. The number of allylic oxidation sites excluding steroid dienone is 2. The van der Waals surface area contributed by atoms with Crippen molar-refractivity contribution >= 4 is 5.78 Å². The Morgan fingerprint density at radius 1 is 1.05 bits per heavy atom. The standard InChI is InChI=1S/C16H27NO2/c18-16-9-6-8-15(16)7-4-2-1-3-5-10-17-11-13-19-14-12-17/h7H,1-6,8-14H2/b15-7+. The van der Waals surface area contributed by atoms with Gasteiger partial charge in [0.25, 0.3) is 0 Å². The number of carbonyl (C=O) groups excluding carboxylic acids is 1. The zero-order valence-electron chi connectivity index (χ0n) is 12.0. The lowest BCUT2D eigenvalue weighted by Gasteiger charge is -2.26. The molecule has 0 aromatic heterocycles. The molecule has 1 aliphatic carbocycles. The van der Waals surface area contributed by atoms with Crippen LogP contribution in [-0.2, 0) is 9.53 Å². The van der Waals surface area contributed by atoms with Crippen LogP contribution in [0.5, 0.6) is 0 Å². The molecule has 0 spiro atoms. The molecule has 108 valence electrons. The summed E-state index contributed by atoms with van der Waals surface area (Å²) < 4.78 is 5.34. The molecule has 2 fully saturated rings. The number of hydrogen-bond donors (Lipinski definition) is 0. The van der Waals surface area contributed by atoms with Crippen molar-refractivity contribution in [3.63, 3.8) is 0 Å². The zero-order chi connectivity index (χ0) is 13.3. The molecule has 2 rings (SSSR count). The molecule has 0 amide bonds. The highest BCUT2D eigenvalue weighted by Gasteiger charge is 2.15. The van der Waals surface area contributed by atoms with Crippen molar-refractivity contribution in [3.05, 3.63) is 11.6 Å². The van der Waals surface area contributed by atoms with E-state index >= 15 is 0 Å². The molecule has 0 aromatic rings. The second-order valence-electron chi connectivity index (χ2n) is 5.66. The van der Waals surface area contributed by atoms with Crippen molar-refractivity contribution in [2.75, 3.05) is 32.8 Å². The van der Waals surface area contributed by atoms with Crippen LogP contribution in [0.25, 0.3) is 0 Å². The fraction of sp³-hybridized carbons (Fsp3) is 0.812. The lowest BCUT2D eigenvalue weighted by Crippen LogP contribution is -2.36. The molecule has 0 aromatic carbocycles. The molecule has 0 unspecified atom stereocenters. The SMILES string of the molecule is O=C1CCC/C1=C\CCCCCCN1CCOCC1. The molecule has 1 saturated carbocycles. The molecule has 0 N–H and O–H groups in total. The Hall–Kier alpha value is -0.670. The van der Waals surface area contributed by atoms with Crippen LogP contribution in [0.15, 0.2) is 11.6 Å². The van der Waals surface area contributed by atoms with Gasteiger partial charge in [-0.1, -0.05) is 18.9 Å². The van der Waals surface area contributed by atoms with Crippen LogP contribution < -0.4 is 0 Å². The Kier molecular flexibility index (Phi) is 6.58. The summed E-state index contributed by atoms with van der Waals surface area (Å²) in [6.45, 7) is 5.24. The second-order valence-corrected chi connectivity index (χ2v) is 5.66. The number of unbranched alkanes of at least 4 members (excludes halogenated alkanes) is 4.